The highest BCUT2D eigenvalue weighted by atomic mass is 35.5. The third kappa shape index (κ3) is 4.06. The Kier molecular flexibility index (Phi) is 5.04. The summed E-state index contributed by atoms with van der Waals surface area (Å²) < 4.78 is 0. The predicted molar refractivity (Wildman–Crippen MR) is 99.1 cm³/mol. The minimum atomic E-state index is 0.382. The Labute approximate surface area is 154 Å². The van der Waals surface area contributed by atoms with Crippen molar-refractivity contribution in [3.8, 4) is 0 Å². The molecule has 5 nitrogen and oxygen atoms in total. The molecule has 1 aromatic heterocycles. The topological polar surface area (TPSA) is 53.9 Å². The van der Waals surface area contributed by atoms with Gasteiger partial charge in [0, 0.05) is 33.5 Å². The van der Waals surface area contributed by atoms with Crippen LogP contribution in [0.5, 0.6) is 0 Å². The molecule has 0 amide bonds. The summed E-state index contributed by atoms with van der Waals surface area (Å²) in [5, 5.41) is 4.75. The minimum absolute atomic E-state index is 0.382. The van der Waals surface area contributed by atoms with Crippen molar-refractivity contribution in [3.05, 3.63) is 63.9 Å². The number of hydrogen-bond donors (Lipinski definition) is 1. The number of nitrogens with zero attached hydrogens (tertiary/aromatic N) is 4. The molecule has 0 aliphatic heterocycles. The van der Waals surface area contributed by atoms with Crippen LogP contribution in [-0.4, -0.2) is 22.0 Å². The van der Waals surface area contributed by atoms with Crippen LogP contribution in [0.1, 0.15) is 0 Å². The average Bonchev–Trinajstić information content (AvgIpc) is 2.53. The second-order valence-corrected chi connectivity index (χ2v) is 6.24. The van der Waals surface area contributed by atoms with Gasteiger partial charge in [0.25, 0.3) is 0 Å². The van der Waals surface area contributed by atoms with E-state index in [-0.39, 0.29) is 0 Å². The molecule has 1 N–H and O–H groups in total. The Morgan fingerprint density at radius 2 is 1.67 bits per heavy atom. The fourth-order valence-corrected chi connectivity index (χ4v) is 2.78. The molecular weight excluding hydrogens is 369 g/mol. The van der Waals surface area contributed by atoms with Crippen molar-refractivity contribution >= 4 is 58.1 Å². The molecule has 0 bridgehead atoms. The van der Waals surface area contributed by atoms with Crippen LogP contribution in [0.3, 0.4) is 0 Å². The lowest BCUT2D eigenvalue weighted by molar-refractivity contribution is 0.990. The highest BCUT2D eigenvalue weighted by Crippen LogP contribution is 2.26. The molecular formula is C16H12Cl3N5. The van der Waals surface area contributed by atoms with Crippen molar-refractivity contribution < 1.29 is 0 Å². The van der Waals surface area contributed by atoms with Gasteiger partial charge in [-0.1, -0.05) is 40.9 Å². The van der Waals surface area contributed by atoms with Crippen LogP contribution in [0, 0.1) is 0 Å². The van der Waals surface area contributed by atoms with E-state index < -0.39 is 0 Å². The quantitative estimate of drug-likeness (QED) is 0.662. The number of aromatic nitrogens is 3. The van der Waals surface area contributed by atoms with Gasteiger partial charge in [-0.15, -0.1) is 0 Å². The first-order chi connectivity index (χ1) is 11.5. The number of hydrogen-bond acceptors (Lipinski definition) is 5. The summed E-state index contributed by atoms with van der Waals surface area (Å²) in [5.41, 5.74) is 1.56. The summed E-state index contributed by atoms with van der Waals surface area (Å²) in [6.45, 7) is 0. The molecule has 1 heterocycles. The summed E-state index contributed by atoms with van der Waals surface area (Å²) in [7, 11) is 1.85. The van der Waals surface area contributed by atoms with Crippen LogP contribution in [0.25, 0.3) is 0 Å². The van der Waals surface area contributed by atoms with Crippen LogP contribution < -0.4 is 10.2 Å². The molecule has 0 aliphatic carbocycles. The van der Waals surface area contributed by atoms with E-state index in [1.165, 1.54) is 6.33 Å². The molecule has 0 radical (unpaired) electrons. The van der Waals surface area contributed by atoms with Crippen LogP contribution >= 0.6 is 34.8 Å². The standard InChI is InChI=1S/C16H12Cl3N5/c1-24(14-4-2-3-10(17)8-14)16-21-9-20-15(23-16)22-13-6-11(18)5-12(19)7-13/h2-9H,1H3,(H,20,21,22,23). The Morgan fingerprint density at radius 3 is 2.38 bits per heavy atom. The van der Waals surface area contributed by atoms with Gasteiger partial charge in [0.15, 0.2) is 0 Å². The summed E-state index contributed by atoms with van der Waals surface area (Å²) in [4.78, 5) is 14.5. The highest BCUT2D eigenvalue weighted by molar-refractivity contribution is 6.35. The first-order valence-electron chi connectivity index (χ1n) is 6.93. The third-order valence-corrected chi connectivity index (χ3v) is 3.84. The molecule has 8 heteroatoms. The maximum atomic E-state index is 6.03. The number of anilines is 4. The SMILES string of the molecule is CN(c1cccc(Cl)c1)c1ncnc(Nc2cc(Cl)cc(Cl)c2)n1. The molecule has 2 aromatic carbocycles. The van der Waals surface area contributed by atoms with Gasteiger partial charge in [-0.2, -0.15) is 4.98 Å². The van der Waals surface area contributed by atoms with Gasteiger partial charge < -0.3 is 10.2 Å². The van der Waals surface area contributed by atoms with E-state index in [2.05, 4.69) is 20.3 Å². The van der Waals surface area contributed by atoms with Crippen LogP contribution in [0.15, 0.2) is 48.8 Å². The zero-order valence-corrected chi connectivity index (χ0v) is 14.8. The van der Waals surface area contributed by atoms with Gasteiger partial charge in [0.05, 0.1) is 0 Å². The van der Waals surface area contributed by atoms with Gasteiger partial charge in [-0.3, -0.25) is 0 Å². The number of halogens is 3. The van der Waals surface area contributed by atoms with Crippen LogP contribution in [-0.2, 0) is 0 Å². The summed E-state index contributed by atoms with van der Waals surface area (Å²) >= 11 is 18.0. The van der Waals surface area contributed by atoms with E-state index >= 15 is 0 Å². The maximum Gasteiger partial charge on any atom is 0.234 e. The van der Waals surface area contributed by atoms with Crippen molar-refractivity contribution in [1.82, 2.24) is 15.0 Å². The number of nitrogens with one attached hydrogen (secondary N) is 1. The second kappa shape index (κ2) is 7.21. The van der Waals surface area contributed by atoms with Crippen molar-refractivity contribution in [2.24, 2.45) is 0 Å². The van der Waals surface area contributed by atoms with Crippen molar-refractivity contribution in [1.29, 1.82) is 0 Å². The molecule has 24 heavy (non-hydrogen) atoms. The fourth-order valence-electron chi connectivity index (χ4n) is 2.06. The first-order valence-corrected chi connectivity index (χ1v) is 8.06. The van der Waals surface area contributed by atoms with Crippen molar-refractivity contribution in [3.63, 3.8) is 0 Å². The molecule has 122 valence electrons. The Morgan fingerprint density at radius 1 is 0.917 bits per heavy atom. The lowest BCUT2D eigenvalue weighted by Gasteiger charge is -2.17. The van der Waals surface area contributed by atoms with E-state index in [4.69, 9.17) is 34.8 Å². The monoisotopic (exact) mass is 379 g/mol. The summed E-state index contributed by atoms with van der Waals surface area (Å²) in [6, 6.07) is 12.5. The molecule has 3 rings (SSSR count). The van der Waals surface area contributed by atoms with Crippen molar-refractivity contribution in [2.45, 2.75) is 0 Å². The maximum absolute atomic E-state index is 6.03. The average molecular weight is 381 g/mol. The van der Waals surface area contributed by atoms with Crippen LogP contribution in [0.4, 0.5) is 23.3 Å². The van der Waals surface area contributed by atoms with E-state index in [1.54, 1.807) is 18.2 Å². The first kappa shape index (κ1) is 16.8. The number of benzene rings is 2. The molecule has 0 atom stereocenters. The molecule has 0 fully saturated rings. The van der Waals surface area contributed by atoms with Gasteiger partial charge >= 0.3 is 0 Å². The Hall–Kier alpha value is -2.08. The van der Waals surface area contributed by atoms with Gasteiger partial charge in [-0.05, 0) is 36.4 Å². The molecule has 0 saturated carbocycles. The molecule has 0 spiro atoms. The number of rotatable bonds is 4. The zero-order chi connectivity index (χ0) is 17.1. The molecule has 0 saturated heterocycles. The van der Waals surface area contributed by atoms with Gasteiger partial charge in [-0.25, -0.2) is 9.97 Å². The summed E-state index contributed by atoms with van der Waals surface area (Å²) in [5.74, 6) is 0.857. The van der Waals surface area contributed by atoms with Gasteiger partial charge in [0.2, 0.25) is 11.9 Å². The van der Waals surface area contributed by atoms with Crippen LogP contribution in [0.2, 0.25) is 15.1 Å². The zero-order valence-electron chi connectivity index (χ0n) is 12.5. The molecule has 0 aliphatic rings. The minimum Gasteiger partial charge on any atom is -0.324 e. The fraction of sp³-hybridized carbons (Fsp3) is 0.0625. The predicted octanol–water partition coefficient (Wildman–Crippen LogP) is 5.34. The van der Waals surface area contributed by atoms with E-state index in [0.717, 1.165) is 5.69 Å². The normalized spacial score (nSPS) is 10.5. The smallest absolute Gasteiger partial charge is 0.234 e. The van der Waals surface area contributed by atoms with Gasteiger partial charge in [0.1, 0.15) is 6.33 Å². The Bertz CT molecular complexity index is 852. The van der Waals surface area contributed by atoms with Crippen molar-refractivity contribution in [2.75, 3.05) is 17.3 Å². The second-order valence-electron chi connectivity index (χ2n) is 4.93. The largest absolute Gasteiger partial charge is 0.324 e. The lowest BCUT2D eigenvalue weighted by Crippen LogP contribution is -2.14. The molecule has 0 unspecified atom stereocenters. The Balaban J connectivity index is 1.86. The molecule has 3 aromatic rings. The lowest BCUT2D eigenvalue weighted by atomic mass is 10.3. The highest BCUT2D eigenvalue weighted by Gasteiger charge is 2.09. The third-order valence-electron chi connectivity index (χ3n) is 3.17. The summed E-state index contributed by atoms with van der Waals surface area (Å²) in [6.07, 6.45) is 1.43. The van der Waals surface area contributed by atoms with E-state index in [9.17, 15) is 0 Å². The van der Waals surface area contributed by atoms with E-state index in [1.807, 2.05) is 36.2 Å². The van der Waals surface area contributed by atoms with E-state index in [0.29, 0.717) is 32.7 Å².